The second kappa shape index (κ2) is 6.71. The smallest absolute Gasteiger partial charge is 0.223 e. The van der Waals surface area contributed by atoms with E-state index in [1.807, 2.05) is 12.1 Å². The Morgan fingerprint density at radius 2 is 2.04 bits per heavy atom. The SMILES string of the molecule is O=C(NCC(c1ccco1)N1CCc2ccccc21)C1CCCC1. The first-order chi connectivity index (χ1) is 11.8. The lowest BCUT2D eigenvalue weighted by molar-refractivity contribution is -0.124. The van der Waals surface area contributed by atoms with E-state index >= 15 is 0 Å². The van der Waals surface area contributed by atoms with Crippen molar-refractivity contribution in [2.24, 2.45) is 5.92 Å². The highest BCUT2D eigenvalue weighted by molar-refractivity contribution is 5.79. The van der Waals surface area contributed by atoms with Gasteiger partial charge in [-0.3, -0.25) is 4.79 Å². The highest BCUT2D eigenvalue weighted by Gasteiger charge is 2.30. The van der Waals surface area contributed by atoms with Gasteiger partial charge in [-0.15, -0.1) is 0 Å². The number of nitrogens with one attached hydrogen (secondary N) is 1. The molecule has 1 aromatic heterocycles. The Labute approximate surface area is 142 Å². The van der Waals surface area contributed by atoms with E-state index in [4.69, 9.17) is 4.42 Å². The molecule has 1 saturated carbocycles. The van der Waals surface area contributed by atoms with Gasteiger partial charge in [-0.05, 0) is 43.0 Å². The monoisotopic (exact) mass is 324 g/mol. The fourth-order valence-electron chi connectivity index (χ4n) is 4.06. The van der Waals surface area contributed by atoms with Crippen LogP contribution in [-0.2, 0) is 11.2 Å². The summed E-state index contributed by atoms with van der Waals surface area (Å²) in [6.07, 6.45) is 7.18. The molecule has 2 aromatic rings. The number of benzene rings is 1. The van der Waals surface area contributed by atoms with Crippen molar-refractivity contribution in [3.05, 3.63) is 54.0 Å². The second-order valence-corrected chi connectivity index (χ2v) is 6.83. The largest absolute Gasteiger partial charge is 0.467 e. The summed E-state index contributed by atoms with van der Waals surface area (Å²) in [6, 6.07) is 12.5. The van der Waals surface area contributed by atoms with Crippen LogP contribution in [0.4, 0.5) is 5.69 Å². The van der Waals surface area contributed by atoms with Gasteiger partial charge in [-0.2, -0.15) is 0 Å². The zero-order valence-corrected chi connectivity index (χ0v) is 13.9. The molecule has 24 heavy (non-hydrogen) atoms. The standard InChI is InChI=1S/C20H24N2O2/c23-20(16-7-1-2-8-16)21-14-18(19-10-5-13-24-19)22-12-11-15-6-3-4-9-17(15)22/h3-6,9-10,13,16,18H,1-2,7-8,11-12,14H2,(H,21,23). The van der Waals surface area contributed by atoms with Crippen molar-refractivity contribution in [3.8, 4) is 0 Å². The molecule has 4 heteroatoms. The van der Waals surface area contributed by atoms with Crippen molar-refractivity contribution in [2.45, 2.75) is 38.1 Å². The first kappa shape index (κ1) is 15.3. The van der Waals surface area contributed by atoms with E-state index in [-0.39, 0.29) is 17.9 Å². The predicted octanol–water partition coefficient (Wildman–Crippen LogP) is 3.69. The van der Waals surface area contributed by atoms with Crippen LogP contribution in [-0.4, -0.2) is 19.0 Å². The maximum absolute atomic E-state index is 12.4. The van der Waals surface area contributed by atoms with E-state index in [0.717, 1.165) is 31.6 Å². The number of carbonyl (C=O) groups is 1. The third-order valence-electron chi connectivity index (χ3n) is 5.37. The minimum Gasteiger partial charge on any atom is -0.467 e. The molecule has 2 heterocycles. The molecule has 4 nitrogen and oxygen atoms in total. The van der Waals surface area contributed by atoms with Gasteiger partial charge in [0.25, 0.3) is 0 Å². The maximum Gasteiger partial charge on any atom is 0.223 e. The summed E-state index contributed by atoms with van der Waals surface area (Å²) in [7, 11) is 0. The van der Waals surface area contributed by atoms with Crippen LogP contribution in [0.1, 0.15) is 43.0 Å². The minimum absolute atomic E-state index is 0.0500. The number of nitrogens with zero attached hydrogens (tertiary/aromatic N) is 1. The molecule has 2 aliphatic rings. The van der Waals surface area contributed by atoms with Crippen molar-refractivity contribution >= 4 is 11.6 Å². The van der Waals surface area contributed by atoms with Crippen molar-refractivity contribution < 1.29 is 9.21 Å². The molecular weight excluding hydrogens is 300 g/mol. The molecule has 4 rings (SSSR count). The highest BCUT2D eigenvalue weighted by Crippen LogP contribution is 2.35. The summed E-state index contributed by atoms with van der Waals surface area (Å²) in [5.41, 5.74) is 2.63. The topological polar surface area (TPSA) is 45.5 Å². The lowest BCUT2D eigenvalue weighted by atomic mass is 10.1. The second-order valence-electron chi connectivity index (χ2n) is 6.83. The summed E-state index contributed by atoms with van der Waals surface area (Å²) in [4.78, 5) is 14.8. The number of rotatable bonds is 5. The van der Waals surface area contributed by atoms with Crippen LogP contribution in [0, 0.1) is 5.92 Å². The molecule has 126 valence electrons. The van der Waals surface area contributed by atoms with Crippen LogP contribution in [0.15, 0.2) is 47.1 Å². The Balaban J connectivity index is 1.52. The Morgan fingerprint density at radius 1 is 1.21 bits per heavy atom. The summed E-state index contributed by atoms with van der Waals surface area (Å²) in [5.74, 6) is 1.32. The Bertz CT molecular complexity index is 689. The molecule has 0 spiro atoms. The van der Waals surface area contributed by atoms with Crippen molar-refractivity contribution in [1.29, 1.82) is 0 Å². The van der Waals surface area contributed by atoms with Crippen LogP contribution in [0.25, 0.3) is 0 Å². The third-order valence-corrected chi connectivity index (χ3v) is 5.37. The number of hydrogen-bond donors (Lipinski definition) is 1. The Morgan fingerprint density at radius 3 is 2.83 bits per heavy atom. The fourth-order valence-corrected chi connectivity index (χ4v) is 4.06. The van der Waals surface area contributed by atoms with Gasteiger partial charge in [-0.1, -0.05) is 31.0 Å². The van der Waals surface area contributed by atoms with Crippen LogP contribution in [0.2, 0.25) is 0 Å². The van der Waals surface area contributed by atoms with E-state index in [1.54, 1.807) is 6.26 Å². The fraction of sp³-hybridized carbons (Fsp3) is 0.450. The van der Waals surface area contributed by atoms with Gasteiger partial charge in [-0.25, -0.2) is 0 Å². The predicted molar refractivity (Wildman–Crippen MR) is 93.9 cm³/mol. The van der Waals surface area contributed by atoms with Crippen molar-refractivity contribution in [3.63, 3.8) is 0 Å². The van der Waals surface area contributed by atoms with Crippen LogP contribution in [0.3, 0.4) is 0 Å². The molecule has 1 N–H and O–H groups in total. The van der Waals surface area contributed by atoms with E-state index in [0.29, 0.717) is 6.54 Å². The van der Waals surface area contributed by atoms with Gasteiger partial charge >= 0.3 is 0 Å². The average Bonchev–Trinajstić information content (AvgIpc) is 3.37. The van der Waals surface area contributed by atoms with Gasteiger partial charge in [0.15, 0.2) is 0 Å². The van der Waals surface area contributed by atoms with Gasteiger partial charge < -0.3 is 14.6 Å². The molecule has 1 aromatic carbocycles. The molecule has 1 aliphatic carbocycles. The Kier molecular flexibility index (Phi) is 4.28. The number of fused-ring (bicyclic) bond motifs is 1. The van der Waals surface area contributed by atoms with E-state index < -0.39 is 0 Å². The van der Waals surface area contributed by atoms with Gasteiger partial charge in [0.2, 0.25) is 5.91 Å². The van der Waals surface area contributed by atoms with Crippen LogP contribution < -0.4 is 10.2 Å². The number of amides is 1. The number of para-hydroxylation sites is 1. The number of carbonyl (C=O) groups excluding carboxylic acids is 1. The summed E-state index contributed by atoms with van der Waals surface area (Å²) in [6.45, 7) is 1.56. The first-order valence-corrected chi connectivity index (χ1v) is 8.98. The number of furan rings is 1. The quantitative estimate of drug-likeness (QED) is 0.912. The molecule has 0 radical (unpaired) electrons. The molecule has 1 atom stereocenters. The summed E-state index contributed by atoms with van der Waals surface area (Å²) < 4.78 is 5.69. The maximum atomic E-state index is 12.4. The van der Waals surface area contributed by atoms with E-state index in [1.165, 1.54) is 24.1 Å². The van der Waals surface area contributed by atoms with Crippen LogP contribution in [0.5, 0.6) is 0 Å². The summed E-state index contributed by atoms with van der Waals surface area (Å²) >= 11 is 0. The van der Waals surface area contributed by atoms with Gasteiger partial charge in [0, 0.05) is 24.7 Å². The van der Waals surface area contributed by atoms with E-state index in [2.05, 4.69) is 34.5 Å². The molecule has 1 fully saturated rings. The van der Waals surface area contributed by atoms with E-state index in [9.17, 15) is 4.79 Å². The zero-order chi connectivity index (χ0) is 16.4. The van der Waals surface area contributed by atoms with Crippen molar-refractivity contribution in [1.82, 2.24) is 5.32 Å². The lowest BCUT2D eigenvalue weighted by Crippen LogP contribution is -2.39. The summed E-state index contributed by atoms with van der Waals surface area (Å²) in [5, 5.41) is 3.18. The molecule has 1 unspecified atom stereocenters. The van der Waals surface area contributed by atoms with Gasteiger partial charge in [0.1, 0.15) is 11.8 Å². The lowest BCUT2D eigenvalue weighted by Gasteiger charge is -2.29. The minimum atomic E-state index is 0.0500. The highest BCUT2D eigenvalue weighted by atomic mass is 16.3. The third kappa shape index (κ3) is 2.93. The molecule has 1 aliphatic heterocycles. The molecule has 0 bridgehead atoms. The van der Waals surface area contributed by atoms with Gasteiger partial charge in [0.05, 0.1) is 6.26 Å². The normalized spacial score (nSPS) is 18.6. The number of anilines is 1. The van der Waals surface area contributed by atoms with Crippen molar-refractivity contribution in [2.75, 3.05) is 18.0 Å². The number of hydrogen-bond acceptors (Lipinski definition) is 3. The molecular formula is C20H24N2O2. The molecule has 0 saturated heterocycles. The average molecular weight is 324 g/mol. The molecule has 1 amide bonds. The van der Waals surface area contributed by atoms with Crippen LogP contribution >= 0.6 is 0 Å². The Hall–Kier alpha value is -2.23. The zero-order valence-electron chi connectivity index (χ0n) is 13.9. The first-order valence-electron chi connectivity index (χ1n) is 8.98.